The number of nitrogens with zero attached hydrogens (tertiary/aromatic N) is 1. The summed E-state index contributed by atoms with van der Waals surface area (Å²) in [6.45, 7) is 3.06. The molecule has 0 saturated carbocycles. The molecule has 1 saturated heterocycles. The van der Waals surface area contributed by atoms with Gasteiger partial charge in [-0.05, 0) is 30.7 Å². The van der Waals surface area contributed by atoms with Crippen LogP contribution in [0.3, 0.4) is 0 Å². The van der Waals surface area contributed by atoms with Crippen LogP contribution in [-0.2, 0) is 22.6 Å². The van der Waals surface area contributed by atoms with Crippen LogP contribution in [0.15, 0.2) is 24.3 Å². The van der Waals surface area contributed by atoms with Crippen LogP contribution in [0.25, 0.3) is 0 Å². The summed E-state index contributed by atoms with van der Waals surface area (Å²) in [5.41, 5.74) is 0.0897. The largest absolute Gasteiger partial charge is 0.416 e. The zero-order valence-corrected chi connectivity index (χ0v) is 12.5. The van der Waals surface area contributed by atoms with Gasteiger partial charge in [0.05, 0.1) is 17.1 Å². The van der Waals surface area contributed by atoms with Gasteiger partial charge in [0.2, 0.25) is 0 Å². The minimum Gasteiger partial charge on any atom is -0.295 e. The molecule has 0 bridgehead atoms. The van der Waals surface area contributed by atoms with Crippen molar-refractivity contribution in [3.63, 3.8) is 0 Å². The molecule has 118 valence electrons. The van der Waals surface area contributed by atoms with Gasteiger partial charge in [-0.3, -0.25) is 4.90 Å². The molecule has 1 atom stereocenters. The Bertz CT molecular complexity index is 581. The van der Waals surface area contributed by atoms with Gasteiger partial charge >= 0.3 is 6.18 Å². The van der Waals surface area contributed by atoms with Crippen LogP contribution in [-0.4, -0.2) is 37.4 Å². The molecule has 1 heterocycles. The van der Waals surface area contributed by atoms with E-state index in [1.165, 1.54) is 12.1 Å². The van der Waals surface area contributed by atoms with Gasteiger partial charge < -0.3 is 0 Å². The Balaban J connectivity index is 2.06. The Morgan fingerprint density at radius 2 is 1.86 bits per heavy atom. The molecule has 1 unspecified atom stereocenters. The summed E-state index contributed by atoms with van der Waals surface area (Å²) in [6.07, 6.45) is -3.74. The van der Waals surface area contributed by atoms with Crippen LogP contribution >= 0.6 is 0 Å². The lowest BCUT2D eigenvalue weighted by molar-refractivity contribution is -0.137. The highest BCUT2D eigenvalue weighted by Gasteiger charge is 2.32. The first-order chi connectivity index (χ1) is 9.71. The number of rotatable bonds is 4. The number of alkyl halides is 3. The highest BCUT2D eigenvalue weighted by Crippen LogP contribution is 2.29. The fourth-order valence-electron chi connectivity index (χ4n) is 2.60. The van der Waals surface area contributed by atoms with E-state index >= 15 is 0 Å². The first kappa shape index (κ1) is 16.3. The second-order valence-corrected chi connectivity index (χ2v) is 7.54. The summed E-state index contributed by atoms with van der Waals surface area (Å²) in [4.78, 5) is 2.01. The Kier molecular flexibility index (Phi) is 4.63. The molecular weight excluding hydrogens is 303 g/mol. The van der Waals surface area contributed by atoms with Crippen LogP contribution < -0.4 is 0 Å². The SMILES string of the molecule is CCN(Cc1ccc(C(F)(F)F)cc1)C1CCS(=O)(=O)C1. The molecule has 0 spiro atoms. The van der Waals surface area contributed by atoms with E-state index in [1.807, 2.05) is 11.8 Å². The van der Waals surface area contributed by atoms with E-state index in [0.29, 0.717) is 19.5 Å². The second-order valence-electron chi connectivity index (χ2n) is 5.31. The molecule has 1 aliphatic heterocycles. The average Bonchev–Trinajstić information content (AvgIpc) is 2.75. The number of hydrogen-bond donors (Lipinski definition) is 0. The standard InChI is InChI=1S/C14H18F3NO2S/c1-2-18(13-7-8-21(19,20)10-13)9-11-3-5-12(6-4-11)14(15,16)17/h3-6,13H,2,7-10H2,1H3. The third-order valence-corrected chi connectivity index (χ3v) is 5.55. The van der Waals surface area contributed by atoms with Crippen LogP contribution in [0.2, 0.25) is 0 Å². The zero-order chi connectivity index (χ0) is 15.7. The van der Waals surface area contributed by atoms with Gasteiger partial charge in [-0.15, -0.1) is 0 Å². The summed E-state index contributed by atoms with van der Waals surface area (Å²) >= 11 is 0. The molecule has 7 heteroatoms. The highest BCUT2D eigenvalue weighted by atomic mass is 32.2. The van der Waals surface area contributed by atoms with Gasteiger partial charge in [0.25, 0.3) is 0 Å². The molecule has 1 aromatic rings. The fraction of sp³-hybridized carbons (Fsp3) is 0.571. The zero-order valence-electron chi connectivity index (χ0n) is 11.7. The van der Waals surface area contributed by atoms with Crippen molar-refractivity contribution in [2.75, 3.05) is 18.1 Å². The van der Waals surface area contributed by atoms with Crippen molar-refractivity contribution in [2.45, 2.75) is 32.1 Å². The molecule has 21 heavy (non-hydrogen) atoms. The van der Waals surface area contributed by atoms with E-state index in [4.69, 9.17) is 0 Å². The van der Waals surface area contributed by atoms with E-state index in [2.05, 4.69) is 0 Å². The van der Waals surface area contributed by atoms with Gasteiger partial charge in [-0.2, -0.15) is 13.2 Å². The van der Waals surface area contributed by atoms with E-state index in [-0.39, 0.29) is 17.5 Å². The van der Waals surface area contributed by atoms with Crippen molar-refractivity contribution < 1.29 is 21.6 Å². The van der Waals surface area contributed by atoms with E-state index in [0.717, 1.165) is 17.7 Å². The molecule has 0 radical (unpaired) electrons. The van der Waals surface area contributed by atoms with E-state index in [1.54, 1.807) is 0 Å². The van der Waals surface area contributed by atoms with Crippen LogP contribution in [0.4, 0.5) is 13.2 Å². The second kappa shape index (κ2) is 5.96. The van der Waals surface area contributed by atoms with Crippen LogP contribution in [0.5, 0.6) is 0 Å². The Morgan fingerprint density at radius 3 is 2.29 bits per heavy atom. The van der Waals surface area contributed by atoms with Crippen molar-refractivity contribution in [3.05, 3.63) is 35.4 Å². The summed E-state index contributed by atoms with van der Waals surface area (Å²) in [5, 5.41) is 0. The monoisotopic (exact) mass is 321 g/mol. The molecule has 1 aromatic carbocycles. The molecular formula is C14H18F3NO2S. The number of sulfone groups is 1. The fourth-order valence-corrected chi connectivity index (χ4v) is 4.36. The van der Waals surface area contributed by atoms with Crippen molar-refractivity contribution >= 4 is 9.84 Å². The lowest BCUT2D eigenvalue weighted by Crippen LogP contribution is -2.35. The Morgan fingerprint density at radius 1 is 1.24 bits per heavy atom. The topological polar surface area (TPSA) is 37.4 Å². The smallest absolute Gasteiger partial charge is 0.295 e. The first-order valence-electron chi connectivity index (χ1n) is 6.82. The predicted octanol–water partition coefficient (Wildman–Crippen LogP) is 2.71. The minimum atomic E-state index is -4.33. The maximum absolute atomic E-state index is 12.5. The predicted molar refractivity (Wildman–Crippen MR) is 74.6 cm³/mol. The van der Waals surface area contributed by atoms with Gasteiger partial charge in [0, 0.05) is 12.6 Å². The lowest BCUT2D eigenvalue weighted by Gasteiger charge is -2.26. The first-order valence-corrected chi connectivity index (χ1v) is 8.64. The summed E-state index contributed by atoms with van der Waals surface area (Å²) < 4.78 is 60.5. The molecule has 1 aliphatic rings. The van der Waals surface area contributed by atoms with Crippen molar-refractivity contribution in [1.82, 2.24) is 4.90 Å². The molecule has 1 fully saturated rings. The molecule has 0 aliphatic carbocycles. The maximum atomic E-state index is 12.5. The van der Waals surface area contributed by atoms with Crippen LogP contribution in [0.1, 0.15) is 24.5 Å². The van der Waals surface area contributed by atoms with Crippen molar-refractivity contribution in [2.24, 2.45) is 0 Å². The summed E-state index contributed by atoms with van der Waals surface area (Å²) in [5.74, 6) is 0.336. The normalized spacial score (nSPS) is 21.9. The van der Waals surface area contributed by atoms with Crippen molar-refractivity contribution in [1.29, 1.82) is 0 Å². The Labute approximate surface area is 122 Å². The molecule has 0 aromatic heterocycles. The van der Waals surface area contributed by atoms with Crippen molar-refractivity contribution in [3.8, 4) is 0 Å². The van der Waals surface area contributed by atoms with Crippen LogP contribution in [0, 0.1) is 0 Å². The highest BCUT2D eigenvalue weighted by molar-refractivity contribution is 7.91. The Hall–Kier alpha value is -1.08. The molecule has 3 nitrogen and oxygen atoms in total. The van der Waals surface area contributed by atoms with Gasteiger partial charge in [-0.1, -0.05) is 19.1 Å². The number of benzene rings is 1. The van der Waals surface area contributed by atoms with E-state index in [9.17, 15) is 21.6 Å². The van der Waals surface area contributed by atoms with Gasteiger partial charge in [0.1, 0.15) is 0 Å². The minimum absolute atomic E-state index is 0.0395. The third kappa shape index (κ3) is 4.20. The van der Waals surface area contributed by atoms with Gasteiger partial charge in [-0.25, -0.2) is 8.42 Å². The lowest BCUT2D eigenvalue weighted by atomic mass is 10.1. The van der Waals surface area contributed by atoms with Gasteiger partial charge in [0.15, 0.2) is 9.84 Å². The average molecular weight is 321 g/mol. The summed E-state index contributed by atoms with van der Waals surface area (Å²) in [7, 11) is -2.96. The molecule has 0 amide bonds. The maximum Gasteiger partial charge on any atom is 0.416 e. The summed E-state index contributed by atoms with van der Waals surface area (Å²) in [6, 6.07) is 5.00. The van der Waals surface area contributed by atoms with E-state index < -0.39 is 21.6 Å². The quantitative estimate of drug-likeness (QED) is 0.856. The number of halogens is 3. The third-order valence-electron chi connectivity index (χ3n) is 3.80. The number of hydrogen-bond acceptors (Lipinski definition) is 3. The molecule has 0 N–H and O–H groups in total. The molecule has 2 rings (SSSR count).